The second kappa shape index (κ2) is 50.5. The zero-order valence-electron chi connectivity index (χ0n) is 63.5. The summed E-state index contributed by atoms with van der Waals surface area (Å²) in [4.78, 5) is 63.2. The van der Waals surface area contributed by atoms with Gasteiger partial charge in [0.15, 0.2) is 42.0 Å². The molecule has 8 aliphatic carbocycles. The number of hydrogen-bond acceptors (Lipinski definition) is 15. The van der Waals surface area contributed by atoms with Gasteiger partial charge in [-0.3, -0.25) is 0 Å². The third-order valence-corrected chi connectivity index (χ3v) is 24.3. The van der Waals surface area contributed by atoms with Crippen LogP contribution in [0.25, 0.3) is 0 Å². The molecule has 0 spiro atoms. The molecule has 8 aliphatic rings. The first-order chi connectivity index (χ1) is 51.2. The van der Waals surface area contributed by atoms with Crippen molar-refractivity contribution in [3.63, 3.8) is 0 Å². The van der Waals surface area contributed by atoms with Crippen molar-refractivity contribution in [3.8, 4) is 0 Å². The van der Waals surface area contributed by atoms with Crippen LogP contribution in [0.1, 0.15) is 143 Å². The van der Waals surface area contributed by atoms with Crippen LogP contribution in [0.3, 0.4) is 0 Å². The number of ether oxygens (including phenoxy) is 6. The van der Waals surface area contributed by atoms with Gasteiger partial charge in [0.25, 0.3) is 0 Å². The van der Waals surface area contributed by atoms with E-state index in [1.807, 2.05) is 13.8 Å². The summed E-state index contributed by atoms with van der Waals surface area (Å²) in [5, 5.41) is 0. The van der Waals surface area contributed by atoms with E-state index in [0.717, 1.165) is 90.4 Å². The number of unbranched alkanes of at least 4 members (excludes halogenated alkanes) is 2. The van der Waals surface area contributed by atoms with Gasteiger partial charge < -0.3 is 61.2 Å². The number of rotatable bonds is 30. The fraction of sp³-hybridized carbons (Fsp3) is 0.459. The van der Waals surface area contributed by atoms with Gasteiger partial charge in [0.05, 0.1) is 41.6 Å². The predicted molar refractivity (Wildman–Crippen MR) is 407 cm³/mol. The molecule has 0 saturated heterocycles. The Morgan fingerprint density at radius 2 is 0.764 bits per heavy atom. The molecule has 0 aliphatic heterocycles. The summed E-state index contributed by atoms with van der Waals surface area (Å²) in [5.74, 6) is -1.11. The molecule has 0 radical (unpaired) electrons. The number of alkyl halides is 2. The molecule has 6 unspecified atom stereocenters. The molecule has 592 valence electrons. The number of carbonyl (C=O) groups is 2. The molecule has 14 rings (SSSR count). The van der Waals surface area contributed by atoms with Crippen LogP contribution in [-0.2, 0) is 89.6 Å². The van der Waals surface area contributed by atoms with Crippen LogP contribution in [0, 0.1) is 58.7 Å². The Morgan fingerprint density at radius 3 is 1.03 bits per heavy atom. The molecule has 0 heterocycles. The normalized spacial score (nSPS) is 22.1. The maximum absolute atomic E-state index is 13.9. The van der Waals surface area contributed by atoms with Gasteiger partial charge >= 0.3 is 64.4 Å². The van der Waals surface area contributed by atoms with E-state index in [0.29, 0.717) is 75.3 Å². The number of carbonyl (C=O) groups excluding carboxylic acids is 6. The molecule has 6 atom stereocenters. The average molecular weight is 1720 g/mol. The SMILES string of the molecule is C=C(C)C(=O)OCCCCOC(C)OCC12CC3CC(C1)CC(CC(C)(F)F)(C3)C2.C=C([CH2+])C(=O)OCCCCOC(C)OCC12CC3CC(C1)CC(C[C-](F)F)(C3)C2.Cl.O=C=O.O=C=O.O=S(=O)=O.[I-].[Na+].c1ccc([S+](c2ccccc2)c2ccccc2)cc1.c1ccc([S+](c2ccccc2)c2ccccc2)cc1. The van der Waals surface area contributed by atoms with E-state index < -0.39 is 28.9 Å². The largest absolute Gasteiger partial charge is 1.00 e. The van der Waals surface area contributed by atoms with E-state index in [2.05, 4.69) is 202 Å². The number of esters is 2. The number of halogens is 6. The Morgan fingerprint density at radius 1 is 0.509 bits per heavy atom. The Labute approximate surface area is 699 Å². The molecule has 110 heavy (non-hydrogen) atoms. The third-order valence-electron chi connectivity index (χ3n) is 19.8. The van der Waals surface area contributed by atoms with E-state index >= 15 is 0 Å². The van der Waals surface area contributed by atoms with E-state index in [9.17, 15) is 27.2 Å². The molecule has 6 aromatic rings. The second-order valence-electron chi connectivity index (χ2n) is 29.1. The molecule has 8 fully saturated rings. The summed E-state index contributed by atoms with van der Waals surface area (Å²) < 4.78 is 113. The van der Waals surface area contributed by atoms with Gasteiger partial charge in [-0.15, -0.1) is 31.5 Å². The zero-order chi connectivity index (χ0) is 77.9. The Hall–Kier alpha value is -5.73. The van der Waals surface area contributed by atoms with Crippen molar-refractivity contribution >= 4 is 69.0 Å². The summed E-state index contributed by atoms with van der Waals surface area (Å²) in [7, 11) is -3.14. The summed E-state index contributed by atoms with van der Waals surface area (Å²) in [6.45, 7) is 19.9. The van der Waals surface area contributed by atoms with Crippen LogP contribution in [0.15, 0.2) is 236 Å². The average Bonchev–Trinajstić information content (AvgIpc) is 0.731. The van der Waals surface area contributed by atoms with Gasteiger partial charge in [0.2, 0.25) is 11.5 Å². The van der Waals surface area contributed by atoms with Crippen molar-refractivity contribution in [2.75, 3.05) is 39.6 Å². The summed E-state index contributed by atoms with van der Waals surface area (Å²) in [6, 6.07) is 64.3. The first kappa shape index (κ1) is 98.5. The van der Waals surface area contributed by atoms with Crippen molar-refractivity contribution in [1.82, 2.24) is 0 Å². The van der Waals surface area contributed by atoms with Gasteiger partial charge in [-0.2, -0.15) is 24.0 Å². The van der Waals surface area contributed by atoms with E-state index in [1.54, 1.807) is 6.92 Å². The van der Waals surface area contributed by atoms with Crippen LogP contribution in [0.5, 0.6) is 0 Å². The summed E-state index contributed by atoms with van der Waals surface area (Å²) in [6.07, 6.45) is 13.8. The van der Waals surface area contributed by atoms with Crippen molar-refractivity contribution < 1.29 is 141 Å². The first-order valence-corrected chi connectivity index (χ1v) is 39.7. The second-order valence-corrected chi connectivity index (χ2v) is 33.6. The molecule has 6 aromatic carbocycles. The van der Waals surface area contributed by atoms with E-state index in [-0.39, 0.29) is 159 Å². The third kappa shape index (κ3) is 34.1. The predicted octanol–water partition coefficient (Wildman–Crippen LogP) is 13.2. The van der Waals surface area contributed by atoms with Crippen LogP contribution in [0.2, 0.25) is 0 Å². The molecule has 25 heteroatoms. The van der Waals surface area contributed by atoms with Crippen molar-refractivity contribution in [3.05, 3.63) is 220 Å². The van der Waals surface area contributed by atoms with Gasteiger partial charge in [-0.25, -0.2) is 13.6 Å². The van der Waals surface area contributed by atoms with E-state index in [4.69, 9.17) is 60.2 Å². The van der Waals surface area contributed by atoms with E-state index in [1.165, 1.54) is 42.2 Å². The van der Waals surface area contributed by atoms with Crippen LogP contribution in [-0.4, -0.2) is 95.0 Å². The van der Waals surface area contributed by atoms with Gasteiger partial charge in [-0.05, 0) is 243 Å². The number of benzene rings is 6. The Kier molecular flexibility index (Phi) is 45.2. The van der Waals surface area contributed by atoms with Gasteiger partial charge in [-0.1, -0.05) is 121 Å². The molecule has 8 bridgehead atoms. The fourth-order valence-electron chi connectivity index (χ4n) is 17.3. The molecule has 0 amide bonds. The Balaban J connectivity index is 0.000000367. The Bertz CT molecular complexity index is 3500. The fourth-order valence-corrected chi connectivity index (χ4v) is 21.5. The maximum atomic E-state index is 13.9. The molecule has 15 nitrogen and oxygen atoms in total. The van der Waals surface area contributed by atoms with Gasteiger partial charge in [0.1, 0.15) is 6.61 Å². The smallest absolute Gasteiger partial charge is 1.00 e. The monoisotopic (exact) mass is 1720 g/mol. The topological polar surface area (TPSA) is 209 Å². The van der Waals surface area contributed by atoms with Crippen LogP contribution < -0.4 is 53.5 Å². The molecule has 8 saturated carbocycles. The molecule has 0 N–H and O–H groups in total. The van der Waals surface area contributed by atoms with Crippen LogP contribution in [0.4, 0.5) is 17.6 Å². The minimum absolute atomic E-state index is 0. The van der Waals surface area contributed by atoms with Gasteiger partial charge in [0, 0.05) is 45.1 Å². The zero-order valence-corrected chi connectivity index (χ0v) is 70.9. The minimum Gasteiger partial charge on any atom is -1.00 e. The van der Waals surface area contributed by atoms with Crippen LogP contribution >= 0.6 is 12.4 Å². The summed E-state index contributed by atoms with van der Waals surface area (Å²) in [5.41, 5.74) is 0.250. The molecular weight excluding hydrogens is 1620 g/mol. The maximum Gasteiger partial charge on any atom is 1.00 e. The minimum atomic E-state index is -3.11. The van der Waals surface area contributed by atoms with Crippen molar-refractivity contribution in [2.24, 2.45) is 45.3 Å². The first-order valence-electron chi connectivity index (χ1n) is 36.2. The summed E-state index contributed by atoms with van der Waals surface area (Å²) >= 11 is 0. The quantitative estimate of drug-likeness (QED) is 0.00473. The van der Waals surface area contributed by atoms with Crippen molar-refractivity contribution in [2.45, 2.75) is 191 Å². The standard InChI is InChI=1S/C24H38F2O4.C23H34F2O4.2C18H15S.2CO2.ClH.HI.Na.O3S/c1-17(2)21(27)29-8-6-5-7-28-18(3)30-16-24-12-19-9-20(13-24)11-23(10-19,15-24)14-22(4,25)26;1-16(2)21(26)28-7-5-4-6-27-17(3)29-15-23-11-18-8-19(12-23)10-22(9-18,14-23)13-20(24)25;2*1-4-10-16(11-5-1)19(17-12-6-2-7-13-17)18-14-8-3-9-15-18;2*2-1-3;;;;1-4(2)3/h18-20H,1,5-16H2,2-4H3;17-19H,1-2,4-15H2,3H3;2*1-15H;;;2*1H;;/q;;2*+1;;;;;+1;/p-1. The van der Waals surface area contributed by atoms with Crippen molar-refractivity contribution in [1.29, 1.82) is 0 Å². The molecular formula is C85H103ClF4INaO15S3+2. The molecule has 0 aromatic heterocycles. The number of hydrogen-bond donors (Lipinski definition) is 0.